The van der Waals surface area contributed by atoms with E-state index in [1.165, 1.54) is 12.0 Å². The summed E-state index contributed by atoms with van der Waals surface area (Å²) in [6.07, 6.45) is 6.32. The summed E-state index contributed by atoms with van der Waals surface area (Å²) in [5.41, 5.74) is 0.558. The van der Waals surface area contributed by atoms with Crippen LogP contribution in [0, 0.1) is 11.8 Å². The maximum Gasteiger partial charge on any atom is 0.0780 e. The SMILES string of the molecule is C=C[C@@H](c1ccccc1)[C@]1(O)CCCC[C@H]1C(C)C. The van der Waals surface area contributed by atoms with Crippen LogP contribution in [0.4, 0.5) is 0 Å². The monoisotopic (exact) mass is 258 g/mol. The molecule has 1 heteroatoms. The van der Waals surface area contributed by atoms with Gasteiger partial charge in [0, 0.05) is 5.92 Å². The second-order valence-corrected chi connectivity index (χ2v) is 6.21. The second-order valence-electron chi connectivity index (χ2n) is 6.21. The topological polar surface area (TPSA) is 20.2 Å². The van der Waals surface area contributed by atoms with Crippen molar-refractivity contribution in [2.75, 3.05) is 0 Å². The predicted octanol–water partition coefficient (Wildman–Crippen LogP) is 4.53. The maximum absolute atomic E-state index is 11.3. The summed E-state index contributed by atoms with van der Waals surface area (Å²) in [7, 11) is 0. The molecule has 0 spiro atoms. The highest BCUT2D eigenvalue weighted by molar-refractivity contribution is 5.28. The fourth-order valence-electron chi connectivity index (χ4n) is 3.79. The lowest BCUT2D eigenvalue weighted by molar-refractivity contribution is -0.0765. The Balaban J connectivity index is 2.36. The summed E-state index contributed by atoms with van der Waals surface area (Å²) < 4.78 is 0. The first-order valence-corrected chi connectivity index (χ1v) is 7.49. The molecule has 0 aliphatic heterocycles. The molecule has 1 N–H and O–H groups in total. The van der Waals surface area contributed by atoms with Crippen molar-refractivity contribution in [3.63, 3.8) is 0 Å². The third kappa shape index (κ3) is 2.76. The van der Waals surface area contributed by atoms with Gasteiger partial charge in [0.25, 0.3) is 0 Å². The molecule has 104 valence electrons. The Hall–Kier alpha value is -1.08. The van der Waals surface area contributed by atoms with Gasteiger partial charge in [-0.3, -0.25) is 0 Å². The molecule has 1 aliphatic carbocycles. The third-order valence-electron chi connectivity index (χ3n) is 4.72. The van der Waals surface area contributed by atoms with Crippen molar-refractivity contribution in [1.29, 1.82) is 0 Å². The fourth-order valence-corrected chi connectivity index (χ4v) is 3.79. The fraction of sp³-hybridized carbons (Fsp3) is 0.556. The molecule has 1 aromatic rings. The average Bonchev–Trinajstić information content (AvgIpc) is 2.40. The Labute approximate surface area is 117 Å². The number of aliphatic hydroxyl groups is 1. The van der Waals surface area contributed by atoms with E-state index in [2.05, 4.69) is 32.6 Å². The first kappa shape index (κ1) is 14.3. The molecule has 0 bridgehead atoms. The third-order valence-corrected chi connectivity index (χ3v) is 4.72. The van der Waals surface area contributed by atoms with Crippen molar-refractivity contribution in [3.05, 3.63) is 48.6 Å². The van der Waals surface area contributed by atoms with Crippen molar-refractivity contribution in [2.45, 2.75) is 51.0 Å². The first-order chi connectivity index (χ1) is 9.09. The molecule has 0 unspecified atom stereocenters. The van der Waals surface area contributed by atoms with Crippen molar-refractivity contribution in [2.24, 2.45) is 11.8 Å². The molecular formula is C18H26O. The van der Waals surface area contributed by atoms with Crippen LogP contribution in [0.25, 0.3) is 0 Å². The molecule has 2 rings (SSSR count). The van der Waals surface area contributed by atoms with E-state index in [4.69, 9.17) is 0 Å². The van der Waals surface area contributed by atoms with Gasteiger partial charge in [-0.15, -0.1) is 6.58 Å². The summed E-state index contributed by atoms with van der Waals surface area (Å²) in [6, 6.07) is 10.3. The summed E-state index contributed by atoms with van der Waals surface area (Å²) >= 11 is 0. The average molecular weight is 258 g/mol. The van der Waals surface area contributed by atoms with E-state index in [1.54, 1.807) is 0 Å². The minimum absolute atomic E-state index is 0.0430. The molecule has 0 aromatic heterocycles. The van der Waals surface area contributed by atoms with Gasteiger partial charge in [-0.1, -0.05) is 63.1 Å². The van der Waals surface area contributed by atoms with Crippen molar-refractivity contribution < 1.29 is 5.11 Å². The number of hydrogen-bond acceptors (Lipinski definition) is 1. The molecule has 1 fully saturated rings. The predicted molar refractivity (Wildman–Crippen MR) is 81.1 cm³/mol. The van der Waals surface area contributed by atoms with E-state index in [0.29, 0.717) is 11.8 Å². The van der Waals surface area contributed by atoms with E-state index in [9.17, 15) is 5.11 Å². The highest BCUT2D eigenvalue weighted by Crippen LogP contribution is 2.47. The van der Waals surface area contributed by atoms with Gasteiger partial charge in [-0.2, -0.15) is 0 Å². The van der Waals surface area contributed by atoms with Gasteiger partial charge in [-0.25, -0.2) is 0 Å². The molecule has 1 nitrogen and oxygen atoms in total. The molecule has 0 saturated heterocycles. The summed E-state index contributed by atoms with van der Waals surface area (Å²) in [5, 5.41) is 11.3. The Morgan fingerprint density at radius 2 is 1.95 bits per heavy atom. The molecule has 0 heterocycles. The molecule has 3 atom stereocenters. The maximum atomic E-state index is 11.3. The molecule has 0 amide bonds. The normalized spacial score (nSPS) is 29.2. The van der Waals surface area contributed by atoms with Crippen LogP contribution in [0.2, 0.25) is 0 Å². The number of hydrogen-bond donors (Lipinski definition) is 1. The van der Waals surface area contributed by atoms with Crippen LogP contribution in [-0.4, -0.2) is 10.7 Å². The zero-order chi connectivity index (χ0) is 13.9. The Morgan fingerprint density at radius 1 is 1.26 bits per heavy atom. The molecule has 1 aliphatic rings. The van der Waals surface area contributed by atoms with Crippen LogP contribution < -0.4 is 0 Å². The van der Waals surface area contributed by atoms with E-state index in [0.717, 1.165) is 19.3 Å². The Bertz CT molecular complexity index is 409. The largest absolute Gasteiger partial charge is 0.389 e. The van der Waals surface area contributed by atoms with Crippen LogP contribution in [0.15, 0.2) is 43.0 Å². The lowest BCUT2D eigenvalue weighted by atomic mass is 9.63. The van der Waals surface area contributed by atoms with Crippen LogP contribution >= 0.6 is 0 Å². The van der Waals surface area contributed by atoms with E-state index < -0.39 is 5.60 Å². The van der Waals surface area contributed by atoms with Crippen molar-refractivity contribution in [1.82, 2.24) is 0 Å². The van der Waals surface area contributed by atoms with Gasteiger partial charge >= 0.3 is 0 Å². The van der Waals surface area contributed by atoms with E-state index in [1.807, 2.05) is 24.3 Å². The van der Waals surface area contributed by atoms with Crippen LogP contribution in [0.1, 0.15) is 51.0 Å². The number of rotatable bonds is 4. The standard InChI is InChI=1S/C18H26O/c1-4-16(15-10-6-5-7-11-15)18(19)13-9-8-12-17(18)14(2)3/h4-7,10-11,14,16-17,19H,1,8-9,12-13H2,2-3H3/t16-,17-,18+/m0/s1. The Morgan fingerprint density at radius 3 is 2.53 bits per heavy atom. The van der Waals surface area contributed by atoms with Gasteiger partial charge in [0.15, 0.2) is 0 Å². The Kier molecular flexibility index (Phi) is 4.46. The van der Waals surface area contributed by atoms with Crippen LogP contribution in [0.3, 0.4) is 0 Å². The lowest BCUT2D eigenvalue weighted by Gasteiger charge is -2.46. The smallest absolute Gasteiger partial charge is 0.0780 e. The van der Waals surface area contributed by atoms with Crippen LogP contribution in [0.5, 0.6) is 0 Å². The quantitative estimate of drug-likeness (QED) is 0.786. The van der Waals surface area contributed by atoms with Crippen molar-refractivity contribution in [3.8, 4) is 0 Å². The summed E-state index contributed by atoms with van der Waals surface area (Å²) in [4.78, 5) is 0. The first-order valence-electron chi connectivity index (χ1n) is 7.49. The summed E-state index contributed by atoms with van der Waals surface area (Å²) in [6.45, 7) is 8.45. The van der Waals surface area contributed by atoms with Gasteiger partial charge in [0.05, 0.1) is 5.60 Å². The minimum Gasteiger partial charge on any atom is -0.389 e. The zero-order valence-electron chi connectivity index (χ0n) is 12.2. The lowest BCUT2D eigenvalue weighted by Crippen LogP contribution is -2.47. The zero-order valence-corrected chi connectivity index (χ0v) is 12.2. The molecule has 19 heavy (non-hydrogen) atoms. The molecular weight excluding hydrogens is 232 g/mol. The molecule has 1 aromatic carbocycles. The van der Waals surface area contributed by atoms with Gasteiger partial charge < -0.3 is 5.11 Å². The van der Waals surface area contributed by atoms with Gasteiger partial charge in [0.2, 0.25) is 0 Å². The van der Waals surface area contributed by atoms with Crippen molar-refractivity contribution >= 4 is 0 Å². The molecule has 1 saturated carbocycles. The van der Waals surface area contributed by atoms with E-state index in [-0.39, 0.29) is 5.92 Å². The summed E-state index contributed by atoms with van der Waals surface area (Å²) in [5.74, 6) is 0.919. The van der Waals surface area contributed by atoms with Crippen LogP contribution in [-0.2, 0) is 0 Å². The minimum atomic E-state index is -0.629. The van der Waals surface area contributed by atoms with Gasteiger partial charge in [-0.05, 0) is 30.2 Å². The second kappa shape index (κ2) is 5.92. The highest BCUT2D eigenvalue weighted by atomic mass is 16.3. The number of benzene rings is 1. The highest BCUT2D eigenvalue weighted by Gasteiger charge is 2.45. The molecule has 0 radical (unpaired) electrons. The van der Waals surface area contributed by atoms with Gasteiger partial charge in [0.1, 0.15) is 0 Å². The van der Waals surface area contributed by atoms with E-state index >= 15 is 0 Å².